The molecular weight excluding hydrogens is 322 g/mol. The molecule has 0 amide bonds. The highest BCUT2D eigenvalue weighted by Crippen LogP contribution is 2.33. The first kappa shape index (κ1) is 15.0. The van der Waals surface area contributed by atoms with E-state index >= 15 is 0 Å². The van der Waals surface area contributed by atoms with E-state index in [1.54, 1.807) is 28.3 Å². The number of aromatic nitrogens is 5. The molecule has 0 N–H and O–H groups in total. The lowest BCUT2D eigenvalue weighted by atomic mass is 10.1. The van der Waals surface area contributed by atoms with Gasteiger partial charge in [-0.25, -0.2) is 9.78 Å². The number of hydrogen-bond donors (Lipinski definition) is 0. The summed E-state index contributed by atoms with van der Waals surface area (Å²) in [5.74, 6) is 0.529. The Morgan fingerprint density at radius 2 is 2.12 bits per heavy atom. The minimum Gasteiger partial charge on any atom is -0.283 e. The molecule has 0 radical (unpaired) electrons. The molecule has 6 nitrogen and oxygen atoms in total. The third-order valence-electron chi connectivity index (χ3n) is 4.27. The maximum atomic E-state index is 12.8. The molecule has 0 saturated heterocycles. The fourth-order valence-corrected chi connectivity index (χ4v) is 4.41. The van der Waals surface area contributed by atoms with Crippen molar-refractivity contribution in [2.24, 2.45) is 0 Å². The van der Waals surface area contributed by atoms with Crippen LogP contribution in [0.3, 0.4) is 0 Å². The van der Waals surface area contributed by atoms with Crippen molar-refractivity contribution < 1.29 is 0 Å². The molecule has 0 spiro atoms. The molecule has 4 rings (SSSR count). The standard InChI is InChI=1S/C17H17N5OS/c1-4-12-10(3)24-16-13(12)15-19-14(11-7-6-8-18-9-11)20-22(15)17(23)21(16)5-2/h6-9H,4-5H2,1-3H3. The van der Waals surface area contributed by atoms with Gasteiger partial charge >= 0.3 is 5.69 Å². The van der Waals surface area contributed by atoms with Crippen LogP contribution in [0.4, 0.5) is 0 Å². The van der Waals surface area contributed by atoms with Crippen molar-refractivity contribution in [3.63, 3.8) is 0 Å². The van der Waals surface area contributed by atoms with Crippen LogP contribution in [-0.4, -0.2) is 24.1 Å². The minimum atomic E-state index is -0.147. The highest BCUT2D eigenvalue weighted by atomic mass is 32.1. The Kier molecular flexibility index (Phi) is 3.45. The fraction of sp³-hybridized carbons (Fsp3) is 0.294. The molecular formula is C17H17N5OS. The van der Waals surface area contributed by atoms with Crippen LogP contribution in [0.2, 0.25) is 0 Å². The Balaban J connectivity index is 2.17. The Hall–Kier alpha value is -2.54. The molecule has 0 fully saturated rings. The smallest absolute Gasteiger partial charge is 0.283 e. The van der Waals surface area contributed by atoms with E-state index in [9.17, 15) is 4.79 Å². The molecule has 0 aliphatic heterocycles. The summed E-state index contributed by atoms with van der Waals surface area (Å²) in [6.45, 7) is 6.82. The molecule has 0 aromatic carbocycles. The largest absolute Gasteiger partial charge is 0.351 e. The Morgan fingerprint density at radius 1 is 1.29 bits per heavy atom. The quantitative estimate of drug-likeness (QED) is 0.575. The second-order valence-electron chi connectivity index (χ2n) is 5.61. The van der Waals surface area contributed by atoms with Crippen molar-refractivity contribution in [1.82, 2.24) is 24.1 Å². The fourth-order valence-electron chi connectivity index (χ4n) is 3.11. The van der Waals surface area contributed by atoms with Crippen LogP contribution in [0.1, 0.15) is 24.3 Å². The number of hydrogen-bond acceptors (Lipinski definition) is 5. The summed E-state index contributed by atoms with van der Waals surface area (Å²) in [6.07, 6.45) is 4.32. The average molecular weight is 339 g/mol. The molecule has 0 saturated carbocycles. The summed E-state index contributed by atoms with van der Waals surface area (Å²) in [6, 6.07) is 3.74. The van der Waals surface area contributed by atoms with Crippen LogP contribution < -0.4 is 5.69 Å². The van der Waals surface area contributed by atoms with E-state index in [2.05, 4.69) is 28.9 Å². The SMILES string of the molecule is CCc1c(C)sc2c1c1nc(-c3cccnc3)nn1c(=O)n2CC. The van der Waals surface area contributed by atoms with E-state index < -0.39 is 0 Å². The van der Waals surface area contributed by atoms with Crippen LogP contribution >= 0.6 is 11.3 Å². The first-order chi connectivity index (χ1) is 11.7. The summed E-state index contributed by atoms with van der Waals surface area (Å²) in [7, 11) is 0. The van der Waals surface area contributed by atoms with E-state index in [1.807, 2.05) is 19.1 Å². The molecule has 122 valence electrons. The predicted molar refractivity (Wildman–Crippen MR) is 95.7 cm³/mol. The molecule has 4 aromatic heterocycles. The molecule has 4 heterocycles. The molecule has 24 heavy (non-hydrogen) atoms. The third-order valence-corrected chi connectivity index (χ3v) is 5.44. The molecule has 0 atom stereocenters. The van der Waals surface area contributed by atoms with Crippen molar-refractivity contribution >= 4 is 27.2 Å². The van der Waals surface area contributed by atoms with Crippen molar-refractivity contribution in [1.29, 1.82) is 0 Å². The highest BCUT2D eigenvalue weighted by Gasteiger charge is 2.20. The van der Waals surface area contributed by atoms with Gasteiger partial charge in [0.1, 0.15) is 4.83 Å². The normalized spacial score (nSPS) is 11.6. The summed E-state index contributed by atoms with van der Waals surface area (Å²) in [4.78, 5) is 23.8. The third kappa shape index (κ3) is 2.01. The number of fused-ring (bicyclic) bond motifs is 3. The van der Waals surface area contributed by atoms with E-state index in [4.69, 9.17) is 0 Å². The zero-order valence-corrected chi connectivity index (χ0v) is 14.6. The lowest BCUT2D eigenvalue weighted by molar-refractivity contribution is 0.698. The van der Waals surface area contributed by atoms with Gasteiger partial charge in [-0.1, -0.05) is 6.92 Å². The van der Waals surface area contributed by atoms with Crippen LogP contribution in [-0.2, 0) is 13.0 Å². The number of thiophene rings is 1. The highest BCUT2D eigenvalue weighted by molar-refractivity contribution is 7.19. The van der Waals surface area contributed by atoms with Gasteiger partial charge in [-0.2, -0.15) is 4.52 Å². The molecule has 0 bridgehead atoms. The Labute approximate surface area is 142 Å². The first-order valence-electron chi connectivity index (χ1n) is 7.97. The maximum absolute atomic E-state index is 12.8. The number of pyridine rings is 1. The van der Waals surface area contributed by atoms with Gasteiger partial charge in [0.2, 0.25) is 0 Å². The maximum Gasteiger partial charge on any atom is 0.351 e. The van der Waals surface area contributed by atoms with E-state index in [0.717, 1.165) is 22.2 Å². The summed E-state index contributed by atoms with van der Waals surface area (Å²) < 4.78 is 3.21. The molecule has 0 aliphatic rings. The monoisotopic (exact) mass is 339 g/mol. The van der Waals surface area contributed by atoms with Crippen molar-refractivity contribution in [2.75, 3.05) is 0 Å². The van der Waals surface area contributed by atoms with Gasteiger partial charge in [0.25, 0.3) is 0 Å². The Morgan fingerprint density at radius 3 is 2.79 bits per heavy atom. The predicted octanol–water partition coefficient (Wildman–Crippen LogP) is 3.06. The van der Waals surface area contributed by atoms with Gasteiger partial charge in [0.15, 0.2) is 11.5 Å². The van der Waals surface area contributed by atoms with Gasteiger partial charge in [0, 0.05) is 29.4 Å². The molecule has 0 aliphatic carbocycles. The van der Waals surface area contributed by atoms with Gasteiger partial charge in [-0.3, -0.25) is 9.55 Å². The molecule has 0 unspecified atom stereocenters. The van der Waals surface area contributed by atoms with Crippen LogP contribution in [0.25, 0.3) is 27.3 Å². The number of nitrogens with zero attached hydrogens (tertiary/aromatic N) is 5. The minimum absolute atomic E-state index is 0.147. The van der Waals surface area contributed by atoms with Crippen LogP contribution in [0.5, 0.6) is 0 Å². The lowest BCUT2D eigenvalue weighted by Gasteiger charge is -2.05. The Bertz CT molecular complexity index is 1110. The topological polar surface area (TPSA) is 65.1 Å². The second kappa shape index (κ2) is 5.52. The summed E-state index contributed by atoms with van der Waals surface area (Å²) >= 11 is 1.66. The summed E-state index contributed by atoms with van der Waals surface area (Å²) in [5.41, 5.74) is 2.54. The zero-order chi connectivity index (χ0) is 16.8. The van der Waals surface area contributed by atoms with E-state index in [1.165, 1.54) is 15.0 Å². The molecule has 4 aromatic rings. The van der Waals surface area contributed by atoms with E-state index in [0.29, 0.717) is 18.0 Å². The molecule has 7 heteroatoms. The number of aryl methyl sites for hydroxylation is 3. The van der Waals surface area contributed by atoms with Gasteiger partial charge < -0.3 is 0 Å². The lowest BCUT2D eigenvalue weighted by Crippen LogP contribution is -2.26. The second-order valence-corrected chi connectivity index (χ2v) is 6.81. The van der Waals surface area contributed by atoms with Gasteiger partial charge in [-0.05, 0) is 38.0 Å². The first-order valence-corrected chi connectivity index (χ1v) is 8.79. The summed E-state index contributed by atoms with van der Waals surface area (Å²) in [5, 5.41) is 5.51. The zero-order valence-electron chi connectivity index (χ0n) is 13.8. The average Bonchev–Trinajstić information content (AvgIpc) is 3.17. The van der Waals surface area contributed by atoms with Crippen molar-refractivity contribution in [3.8, 4) is 11.4 Å². The van der Waals surface area contributed by atoms with E-state index in [-0.39, 0.29) is 5.69 Å². The van der Waals surface area contributed by atoms with Gasteiger partial charge in [0.05, 0.1) is 5.39 Å². The van der Waals surface area contributed by atoms with Crippen LogP contribution in [0.15, 0.2) is 29.3 Å². The van der Waals surface area contributed by atoms with Gasteiger partial charge in [-0.15, -0.1) is 16.4 Å². The van der Waals surface area contributed by atoms with Crippen LogP contribution in [0, 0.1) is 6.92 Å². The van der Waals surface area contributed by atoms with Crippen molar-refractivity contribution in [3.05, 3.63) is 45.5 Å². The number of rotatable bonds is 3. The van der Waals surface area contributed by atoms with Crippen molar-refractivity contribution in [2.45, 2.75) is 33.7 Å².